The Hall–Kier alpha value is -1.29. The van der Waals surface area contributed by atoms with E-state index in [1.165, 1.54) is 0 Å². The lowest BCUT2D eigenvalue weighted by Gasteiger charge is -2.11. The van der Waals surface area contributed by atoms with Crippen molar-refractivity contribution in [2.45, 2.75) is 33.2 Å². The van der Waals surface area contributed by atoms with Gasteiger partial charge >= 0.3 is 0 Å². The van der Waals surface area contributed by atoms with E-state index in [1.54, 1.807) is 0 Å². The third-order valence-electron chi connectivity index (χ3n) is 2.33. The minimum atomic E-state index is 0.0250. The zero-order chi connectivity index (χ0) is 12.0. The van der Waals surface area contributed by atoms with Crippen LogP contribution in [0.4, 0.5) is 0 Å². The van der Waals surface area contributed by atoms with Gasteiger partial charge in [-0.05, 0) is 32.4 Å². The van der Waals surface area contributed by atoms with Crippen molar-refractivity contribution in [3.05, 3.63) is 23.7 Å². The van der Waals surface area contributed by atoms with E-state index in [9.17, 15) is 4.79 Å². The van der Waals surface area contributed by atoms with Crippen LogP contribution in [0.2, 0.25) is 0 Å². The van der Waals surface area contributed by atoms with Crippen LogP contribution in [0.3, 0.4) is 0 Å². The van der Waals surface area contributed by atoms with E-state index in [-0.39, 0.29) is 11.9 Å². The topological polar surface area (TPSA) is 54.3 Å². The van der Waals surface area contributed by atoms with Gasteiger partial charge in [0.2, 0.25) is 5.91 Å². The number of furan rings is 1. The van der Waals surface area contributed by atoms with Crippen LogP contribution in [-0.4, -0.2) is 19.0 Å². The SMILES string of the molecule is CCCNC(=O)CNC(C)c1ccc(C)o1. The maximum absolute atomic E-state index is 11.3. The molecule has 1 heterocycles. The fourth-order valence-electron chi connectivity index (χ4n) is 1.36. The van der Waals surface area contributed by atoms with Gasteiger partial charge in [0.05, 0.1) is 12.6 Å². The molecule has 0 spiro atoms. The van der Waals surface area contributed by atoms with Crippen LogP contribution >= 0.6 is 0 Å². The van der Waals surface area contributed by atoms with E-state index in [1.807, 2.05) is 32.9 Å². The van der Waals surface area contributed by atoms with Crippen LogP contribution in [0.5, 0.6) is 0 Å². The van der Waals surface area contributed by atoms with E-state index in [0.717, 1.165) is 24.5 Å². The maximum Gasteiger partial charge on any atom is 0.233 e. The van der Waals surface area contributed by atoms with Gasteiger partial charge in [0.15, 0.2) is 0 Å². The van der Waals surface area contributed by atoms with Gasteiger partial charge in [-0.2, -0.15) is 0 Å². The zero-order valence-electron chi connectivity index (χ0n) is 10.2. The van der Waals surface area contributed by atoms with Crippen molar-refractivity contribution in [1.82, 2.24) is 10.6 Å². The zero-order valence-corrected chi connectivity index (χ0v) is 10.2. The van der Waals surface area contributed by atoms with Gasteiger partial charge < -0.3 is 9.73 Å². The number of hydrogen-bond donors (Lipinski definition) is 2. The molecule has 0 saturated carbocycles. The third kappa shape index (κ3) is 4.06. The first-order valence-electron chi connectivity index (χ1n) is 5.70. The summed E-state index contributed by atoms with van der Waals surface area (Å²) in [5, 5.41) is 5.93. The first kappa shape index (κ1) is 12.8. The Morgan fingerprint density at radius 1 is 1.50 bits per heavy atom. The largest absolute Gasteiger partial charge is 0.465 e. The van der Waals surface area contributed by atoms with E-state index >= 15 is 0 Å². The highest BCUT2D eigenvalue weighted by Gasteiger charge is 2.10. The van der Waals surface area contributed by atoms with Crippen LogP contribution in [0.15, 0.2) is 16.5 Å². The summed E-state index contributed by atoms with van der Waals surface area (Å²) in [6.07, 6.45) is 0.957. The normalized spacial score (nSPS) is 12.4. The molecular weight excluding hydrogens is 204 g/mol. The Morgan fingerprint density at radius 3 is 2.81 bits per heavy atom. The molecule has 0 aromatic carbocycles. The number of aryl methyl sites for hydroxylation is 1. The van der Waals surface area contributed by atoms with Crippen molar-refractivity contribution < 1.29 is 9.21 Å². The third-order valence-corrected chi connectivity index (χ3v) is 2.33. The highest BCUT2D eigenvalue weighted by Crippen LogP contribution is 2.14. The smallest absolute Gasteiger partial charge is 0.233 e. The summed E-state index contributed by atoms with van der Waals surface area (Å²) in [5.41, 5.74) is 0. The van der Waals surface area contributed by atoms with Crippen LogP contribution in [0, 0.1) is 6.92 Å². The Morgan fingerprint density at radius 2 is 2.25 bits per heavy atom. The molecule has 2 N–H and O–H groups in total. The molecule has 0 saturated heterocycles. The summed E-state index contributed by atoms with van der Waals surface area (Å²) in [6.45, 7) is 6.97. The van der Waals surface area contributed by atoms with Crippen LogP contribution in [0.25, 0.3) is 0 Å². The van der Waals surface area contributed by atoms with Crippen molar-refractivity contribution in [3.63, 3.8) is 0 Å². The molecule has 0 aliphatic heterocycles. The maximum atomic E-state index is 11.3. The molecule has 1 aromatic heterocycles. The molecule has 0 bridgehead atoms. The summed E-state index contributed by atoms with van der Waals surface area (Å²) in [6, 6.07) is 3.91. The Bertz CT molecular complexity index is 334. The van der Waals surface area contributed by atoms with Crippen molar-refractivity contribution in [2.75, 3.05) is 13.1 Å². The minimum Gasteiger partial charge on any atom is -0.465 e. The van der Waals surface area contributed by atoms with Gasteiger partial charge in [0.25, 0.3) is 0 Å². The fraction of sp³-hybridized carbons (Fsp3) is 0.583. The summed E-state index contributed by atoms with van der Waals surface area (Å²) >= 11 is 0. The molecule has 4 heteroatoms. The Kier molecular flexibility index (Phi) is 5.05. The lowest BCUT2D eigenvalue weighted by Crippen LogP contribution is -2.35. The molecular formula is C12H20N2O2. The van der Waals surface area contributed by atoms with Crippen molar-refractivity contribution in [2.24, 2.45) is 0 Å². The van der Waals surface area contributed by atoms with Gasteiger partial charge in [0, 0.05) is 6.54 Å². The lowest BCUT2D eigenvalue weighted by atomic mass is 10.2. The van der Waals surface area contributed by atoms with E-state index in [4.69, 9.17) is 4.42 Å². The number of amides is 1. The molecule has 1 unspecified atom stereocenters. The number of carbonyl (C=O) groups excluding carboxylic acids is 1. The molecule has 1 rings (SSSR count). The molecule has 90 valence electrons. The van der Waals surface area contributed by atoms with E-state index in [2.05, 4.69) is 10.6 Å². The number of hydrogen-bond acceptors (Lipinski definition) is 3. The summed E-state index contributed by atoms with van der Waals surface area (Å²) in [7, 11) is 0. The van der Waals surface area contributed by atoms with Crippen LogP contribution in [0.1, 0.15) is 37.8 Å². The second-order valence-corrected chi connectivity index (χ2v) is 3.90. The van der Waals surface area contributed by atoms with E-state index < -0.39 is 0 Å². The second kappa shape index (κ2) is 6.33. The molecule has 1 atom stereocenters. The summed E-state index contributed by atoms with van der Waals surface area (Å²) in [4.78, 5) is 11.3. The van der Waals surface area contributed by atoms with E-state index in [0.29, 0.717) is 6.54 Å². The van der Waals surface area contributed by atoms with Crippen molar-refractivity contribution in [3.8, 4) is 0 Å². The molecule has 1 amide bonds. The highest BCUT2D eigenvalue weighted by atomic mass is 16.3. The second-order valence-electron chi connectivity index (χ2n) is 3.90. The standard InChI is InChI=1S/C12H20N2O2/c1-4-7-13-12(15)8-14-10(3)11-6-5-9(2)16-11/h5-6,10,14H,4,7-8H2,1-3H3,(H,13,15). The molecule has 16 heavy (non-hydrogen) atoms. The molecule has 0 aliphatic rings. The lowest BCUT2D eigenvalue weighted by molar-refractivity contribution is -0.120. The van der Waals surface area contributed by atoms with Gasteiger partial charge in [-0.15, -0.1) is 0 Å². The number of rotatable bonds is 6. The van der Waals surface area contributed by atoms with Crippen LogP contribution in [-0.2, 0) is 4.79 Å². The summed E-state index contributed by atoms with van der Waals surface area (Å²) in [5.74, 6) is 1.77. The van der Waals surface area contributed by atoms with Gasteiger partial charge in [-0.3, -0.25) is 10.1 Å². The predicted molar refractivity (Wildman–Crippen MR) is 63.2 cm³/mol. The van der Waals surface area contributed by atoms with Crippen LogP contribution < -0.4 is 10.6 Å². The Labute approximate surface area is 96.4 Å². The molecule has 0 aliphatic carbocycles. The average Bonchev–Trinajstić information content (AvgIpc) is 2.69. The van der Waals surface area contributed by atoms with Gasteiger partial charge in [0.1, 0.15) is 11.5 Å². The minimum absolute atomic E-state index is 0.0250. The molecule has 0 radical (unpaired) electrons. The number of nitrogens with one attached hydrogen (secondary N) is 2. The summed E-state index contributed by atoms with van der Waals surface area (Å²) < 4.78 is 5.46. The Balaban J connectivity index is 2.29. The predicted octanol–water partition coefficient (Wildman–Crippen LogP) is 1.76. The average molecular weight is 224 g/mol. The molecule has 4 nitrogen and oxygen atoms in total. The first-order chi connectivity index (χ1) is 7.63. The van der Waals surface area contributed by atoms with Crippen molar-refractivity contribution in [1.29, 1.82) is 0 Å². The van der Waals surface area contributed by atoms with Gasteiger partial charge in [-0.1, -0.05) is 6.92 Å². The molecule has 0 fully saturated rings. The number of carbonyl (C=O) groups is 1. The fourth-order valence-corrected chi connectivity index (χ4v) is 1.36. The first-order valence-corrected chi connectivity index (χ1v) is 5.70. The van der Waals surface area contributed by atoms with Crippen molar-refractivity contribution >= 4 is 5.91 Å². The molecule has 1 aromatic rings. The highest BCUT2D eigenvalue weighted by molar-refractivity contribution is 5.77. The quantitative estimate of drug-likeness (QED) is 0.774. The monoisotopic (exact) mass is 224 g/mol. The van der Waals surface area contributed by atoms with Gasteiger partial charge in [-0.25, -0.2) is 0 Å².